The van der Waals surface area contributed by atoms with Gasteiger partial charge in [-0.1, -0.05) is 23.7 Å². The molecule has 3 aromatic rings. The first-order valence-corrected chi connectivity index (χ1v) is 9.78. The zero-order valence-electron chi connectivity index (χ0n) is 17.0. The third kappa shape index (κ3) is 4.07. The molecule has 0 bridgehead atoms. The molecule has 152 valence electrons. The minimum absolute atomic E-state index is 0.110. The Bertz CT molecular complexity index is 1010. The number of amides is 1. The van der Waals surface area contributed by atoms with Gasteiger partial charge in [0.1, 0.15) is 17.2 Å². The number of halogens is 1. The van der Waals surface area contributed by atoms with Crippen LogP contribution in [-0.2, 0) is 0 Å². The van der Waals surface area contributed by atoms with E-state index in [0.29, 0.717) is 46.7 Å². The van der Waals surface area contributed by atoms with Crippen LogP contribution < -0.4 is 9.47 Å². The van der Waals surface area contributed by atoms with Crippen LogP contribution in [-0.4, -0.2) is 47.9 Å². The fraction of sp³-hybridized carbons (Fsp3) is 0.273. The first-order chi connectivity index (χ1) is 14.0. The van der Waals surface area contributed by atoms with Crippen LogP contribution in [0.5, 0.6) is 11.5 Å². The molecule has 0 spiro atoms. The van der Waals surface area contributed by atoms with Gasteiger partial charge in [-0.25, -0.2) is 4.68 Å². The maximum absolute atomic E-state index is 13.2. The predicted molar refractivity (Wildman–Crippen MR) is 114 cm³/mol. The highest BCUT2D eigenvalue weighted by atomic mass is 35.5. The highest BCUT2D eigenvalue weighted by Crippen LogP contribution is 2.34. The summed E-state index contributed by atoms with van der Waals surface area (Å²) in [6.07, 6.45) is 0. The number of nitrogens with zero attached hydrogens (tertiary/aromatic N) is 3. The van der Waals surface area contributed by atoms with Crippen molar-refractivity contribution in [3.05, 3.63) is 59.2 Å². The van der Waals surface area contributed by atoms with Gasteiger partial charge in [-0.3, -0.25) is 4.79 Å². The van der Waals surface area contributed by atoms with E-state index in [1.165, 1.54) is 0 Å². The topological polar surface area (TPSA) is 56.6 Å². The fourth-order valence-corrected chi connectivity index (χ4v) is 3.37. The van der Waals surface area contributed by atoms with E-state index in [1.807, 2.05) is 44.2 Å². The number of aromatic nitrogens is 2. The van der Waals surface area contributed by atoms with Crippen LogP contribution in [0.1, 0.15) is 24.3 Å². The Balaban J connectivity index is 2.20. The molecule has 0 N–H and O–H groups in total. The van der Waals surface area contributed by atoms with Gasteiger partial charge in [-0.15, -0.1) is 0 Å². The minimum atomic E-state index is -0.110. The van der Waals surface area contributed by atoms with Gasteiger partial charge >= 0.3 is 0 Å². The molecule has 0 aliphatic rings. The molecule has 7 heteroatoms. The quantitative estimate of drug-likeness (QED) is 0.563. The number of ether oxygens (including phenoxy) is 2. The highest BCUT2D eigenvalue weighted by Gasteiger charge is 2.23. The van der Waals surface area contributed by atoms with E-state index in [4.69, 9.17) is 26.2 Å². The molecule has 0 aliphatic carbocycles. The lowest BCUT2D eigenvalue weighted by Crippen LogP contribution is -2.32. The number of methoxy groups -OCH3 is 2. The molecule has 3 rings (SSSR count). The van der Waals surface area contributed by atoms with Crippen LogP contribution in [0.4, 0.5) is 0 Å². The van der Waals surface area contributed by atoms with Gasteiger partial charge in [0.05, 0.1) is 30.6 Å². The highest BCUT2D eigenvalue weighted by molar-refractivity contribution is 6.32. The summed E-state index contributed by atoms with van der Waals surface area (Å²) >= 11 is 6.41. The molecule has 0 unspecified atom stereocenters. The molecule has 29 heavy (non-hydrogen) atoms. The van der Waals surface area contributed by atoms with Crippen LogP contribution in [0.15, 0.2) is 48.5 Å². The van der Waals surface area contributed by atoms with Crippen molar-refractivity contribution in [3.8, 4) is 28.4 Å². The van der Waals surface area contributed by atoms with Gasteiger partial charge in [0.15, 0.2) is 0 Å². The van der Waals surface area contributed by atoms with E-state index in [0.717, 1.165) is 5.56 Å². The zero-order valence-corrected chi connectivity index (χ0v) is 17.7. The SMILES string of the molecule is CCN(CC)C(=O)c1cc(-c2ccc(OC)cc2OC)nn1-c1ccccc1Cl. The van der Waals surface area contributed by atoms with Crippen molar-refractivity contribution in [3.63, 3.8) is 0 Å². The first kappa shape index (κ1) is 20.7. The molecule has 1 aromatic heterocycles. The van der Waals surface area contributed by atoms with Crippen molar-refractivity contribution >= 4 is 17.5 Å². The number of carbonyl (C=O) groups excluding carboxylic acids is 1. The molecule has 0 atom stereocenters. The Kier molecular flexibility index (Phi) is 6.44. The molecule has 6 nitrogen and oxygen atoms in total. The largest absolute Gasteiger partial charge is 0.497 e. The van der Waals surface area contributed by atoms with Crippen LogP contribution >= 0.6 is 11.6 Å². The predicted octanol–water partition coefficient (Wildman–Crippen LogP) is 4.69. The number of benzene rings is 2. The van der Waals surface area contributed by atoms with E-state index in [2.05, 4.69) is 0 Å². The Hall–Kier alpha value is -2.99. The smallest absolute Gasteiger partial charge is 0.272 e. The van der Waals surface area contributed by atoms with Crippen molar-refractivity contribution in [1.29, 1.82) is 0 Å². The molecule has 1 heterocycles. The Labute approximate surface area is 175 Å². The van der Waals surface area contributed by atoms with Crippen LogP contribution in [0, 0.1) is 0 Å². The first-order valence-electron chi connectivity index (χ1n) is 9.40. The second kappa shape index (κ2) is 9.01. The van der Waals surface area contributed by atoms with Gasteiger partial charge in [0.2, 0.25) is 0 Å². The van der Waals surface area contributed by atoms with Crippen molar-refractivity contribution in [2.45, 2.75) is 13.8 Å². The van der Waals surface area contributed by atoms with E-state index in [9.17, 15) is 4.79 Å². The number of hydrogen-bond acceptors (Lipinski definition) is 4. The van der Waals surface area contributed by atoms with E-state index in [1.54, 1.807) is 42.0 Å². The summed E-state index contributed by atoms with van der Waals surface area (Å²) in [5, 5.41) is 5.22. The van der Waals surface area contributed by atoms with Crippen LogP contribution in [0.25, 0.3) is 16.9 Å². The monoisotopic (exact) mass is 413 g/mol. The van der Waals surface area contributed by atoms with Gasteiger partial charge in [0.25, 0.3) is 5.91 Å². The summed E-state index contributed by atoms with van der Waals surface area (Å²) in [5.74, 6) is 1.17. The molecule has 0 fully saturated rings. The molecule has 0 saturated heterocycles. The molecule has 0 radical (unpaired) electrons. The second-order valence-corrected chi connectivity index (χ2v) is 6.73. The zero-order chi connectivity index (χ0) is 21.0. The Morgan fingerprint density at radius 3 is 2.41 bits per heavy atom. The minimum Gasteiger partial charge on any atom is -0.497 e. The molecule has 1 amide bonds. The average molecular weight is 414 g/mol. The van der Waals surface area contributed by atoms with Crippen molar-refractivity contribution in [1.82, 2.24) is 14.7 Å². The summed E-state index contributed by atoms with van der Waals surface area (Å²) in [4.78, 5) is 14.9. The Morgan fingerprint density at radius 2 is 1.79 bits per heavy atom. The number of rotatable bonds is 7. The van der Waals surface area contributed by atoms with Crippen molar-refractivity contribution in [2.75, 3.05) is 27.3 Å². The lowest BCUT2D eigenvalue weighted by Gasteiger charge is -2.19. The van der Waals surface area contributed by atoms with Gasteiger partial charge in [-0.05, 0) is 44.2 Å². The second-order valence-electron chi connectivity index (χ2n) is 6.32. The van der Waals surface area contributed by atoms with Crippen LogP contribution in [0.3, 0.4) is 0 Å². The van der Waals surface area contributed by atoms with E-state index >= 15 is 0 Å². The van der Waals surface area contributed by atoms with Crippen molar-refractivity contribution in [2.24, 2.45) is 0 Å². The maximum Gasteiger partial charge on any atom is 0.272 e. The lowest BCUT2D eigenvalue weighted by atomic mass is 10.1. The molecule has 2 aromatic carbocycles. The van der Waals surface area contributed by atoms with Gasteiger partial charge in [0, 0.05) is 24.7 Å². The third-order valence-electron chi connectivity index (χ3n) is 4.74. The van der Waals surface area contributed by atoms with Gasteiger partial charge in [-0.2, -0.15) is 5.10 Å². The normalized spacial score (nSPS) is 10.7. The standard InChI is InChI=1S/C22H24ClN3O3/c1-5-25(6-2)22(27)20-14-18(16-12-11-15(28-3)13-21(16)29-4)24-26(20)19-10-8-7-9-17(19)23/h7-14H,5-6H2,1-4H3. The molecular formula is C22H24ClN3O3. The molecule has 0 aliphatic heterocycles. The van der Waals surface area contributed by atoms with Gasteiger partial charge < -0.3 is 14.4 Å². The molecule has 0 saturated carbocycles. The van der Waals surface area contributed by atoms with Crippen molar-refractivity contribution < 1.29 is 14.3 Å². The van der Waals surface area contributed by atoms with E-state index < -0.39 is 0 Å². The Morgan fingerprint density at radius 1 is 1.07 bits per heavy atom. The summed E-state index contributed by atoms with van der Waals surface area (Å²) in [5.41, 5.74) is 2.45. The third-order valence-corrected chi connectivity index (χ3v) is 5.06. The number of para-hydroxylation sites is 1. The maximum atomic E-state index is 13.2. The summed E-state index contributed by atoms with van der Waals surface area (Å²) in [7, 11) is 3.19. The summed E-state index contributed by atoms with van der Waals surface area (Å²) in [6.45, 7) is 5.10. The molecular weight excluding hydrogens is 390 g/mol. The number of hydrogen-bond donors (Lipinski definition) is 0. The summed E-state index contributed by atoms with van der Waals surface area (Å²) in [6, 6.07) is 14.6. The summed E-state index contributed by atoms with van der Waals surface area (Å²) < 4.78 is 12.4. The lowest BCUT2D eigenvalue weighted by molar-refractivity contribution is 0.0764. The fourth-order valence-electron chi connectivity index (χ4n) is 3.16. The van der Waals surface area contributed by atoms with E-state index in [-0.39, 0.29) is 5.91 Å². The average Bonchev–Trinajstić information content (AvgIpc) is 3.19. The number of carbonyl (C=O) groups is 1. The van der Waals surface area contributed by atoms with Crippen LogP contribution in [0.2, 0.25) is 5.02 Å².